The van der Waals surface area contributed by atoms with Crippen LogP contribution in [-0.2, 0) is 6.54 Å². The fraction of sp³-hybridized carbons (Fsp3) is 0.0588. The highest BCUT2D eigenvalue weighted by Crippen LogP contribution is 2.09. The third kappa shape index (κ3) is 4.42. The SMILES string of the molecule is O=C(NNC(=O)c1cn(Cc2ccccc2)nn1)c1ccc(Cl)cc1. The molecule has 0 fully saturated rings. The molecule has 126 valence electrons. The highest BCUT2D eigenvalue weighted by atomic mass is 35.5. The Morgan fingerprint density at radius 1 is 0.960 bits per heavy atom. The minimum atomic E-state index is -0.554. The first-order valence-corrected chi connectivity index (χ1v) is 7.80. The van der Waals surface area contributed by atoms with Crippen molar-refractivity contribution in [3.63, 3.8) is 0 Å². The van der Waals surface area contributed by atoms with Crippen molar-refractivity contribution in [1.29, 1.82) is 0 Å². The lowest BCUT2D eigenvalue weighted by molar-refractivity contribution is 0.0844. The molecule has 0 radical (unpaired) electrons. The first-order valence-electron chi connectivity index (χ1n) is 7.42. The summed E-state index contributed by atoms with van der Waals surface area (Å²) in [6.07, 6.45) is 1.51. The number of benzene rings is 2. The summed E-state index contributed by atoms with van der Waals surface area (Å²) in [4.78, 5) is 24.0. The van der Waals surface area contributed by atoms with Crippen molar-refractivity contribution in [2.45, 2.75) is 6.54 Å². The van der Waals surface area contributed by atoms with E-state index >= 15 is 0 Å². The van der Waals surface area contributed by atoms with Gasteiger partial charge in [-0.3, -0.25) is 20.4 Å². The largest absolute Gasteiger partial charge is 0.291 e. The van der Waals surface area contributed by atoms with E-state index in [1.54, 1.807) is 28.9 Å². The van der Waals surface area contributed by atoms with Gasteiger partial charge >= 0.3 is 0 Å². The van der Waals surface area contributed by atoms with Crippen LogP contribution in [0.3, 0.4) is 0 Å². The quantitative estimate of drug-likeness (QED) is 0.701. The number of hydrazine groups is 1. The van der Waals surface area contributed by atoms with E-state index in [1.165, 1.54) is 6.20 Å². The van der Waals surface area contributed by atoms with Crippen molar-refractivity contribution in [3.05, 3.63) is 82.6 Å². The molecule has 7 nitrogen and oxygen atoms in total. The number of aromatic nitrogens is 3. The highest BCUT2D eigenvalue weighted by Gasteiger charge is 2.12. The molecule has 2 N–H and O–H groups in total. The summed E-state index contributed by atoms with van der Waals surface area (Å²) >= 11 is 5.77. The van der Waals surface area contributed by atoms with Gasteiger partial charge in [0.2, 0.25) is 0 Å². The second-order valence-electron chi connectivity index (χ2n) is 5.20. The second-order valence-corrected chi connectivity index (χ2v) is 5.64. The zero-order chi connectivity index (χ0) is 17.6. The highest BCUT2D eigenvalue weighted by molar-refractivity contribution is 6.30. The van der Waals surface area contributed by atoms with E-state index in [2.05, 4.69) is 21.2 Å². The van der Waals surface area contributed by atoms with Crippen LogP contribution in [0.25, 0.3) is 0 Å². The van der Waals surface area contributed by atoms with Gasteiger partial charge in [-0.05, 0) is 29.8 Å². The molecular weight excluding hydrogens is 342 g/mol. The Bertz CT molecular complexity index is 878. The van der Waals surface area contributed by atoms with Gasteiger partial charge in [0.25, 0.3) is 11.8 Å². The van der Waals surface area contributed by atoms with Gasteiger partial charge in [0.15, 0.2) is 5.69 Å². The Hall–Kier alpha value is -3.19. The molecular formula is C17H14ClN5O2. The second kappa shape index (κ2) is 7.59. The molecule has 3 rings (SSSR count). The van der Waals surface area contributed by atoms with Crippen LogP contribution < -0.4 is 10.9 Å². The molecule has 0 bridgehead atoms. The van der Waals surface area contributed by atoms with Crippen LogP contribution in [0.5, 0.6) is 0 Å². The maximum absolute atomic E-state index is 12.0. The monoisotopic (exact) mass is 355 g/mol. The Morgan fingerprint density at radius 2 is 1.64 bits per heavy atom. The van der Waals surface area contributed by atoms with Crippen LogP contribution in [-0.4, -0.2) is 26.8 Å². The van der Waals surface area contributed by atoms with Gasteiger partial charge in [-0.1, -0.05) is 47.1 Å². The Kier molecular flexibility index (Phi) is 5.06. The first kappa shape index (κ1) is 16.7. The summed E-state index contributed by atoms with van der Waals surface area (Å²) in [5.74, 6) is -1.01. The molecule has 2 amide bonds. The number of carbonyl (C=O) groups is 2. The summed E-state index contributed by atoms with van der Waals surface area (Å²) in [5.41, 5.74) is 6.13. The smallest absolute Gasteiger partial charge is 0.267 e. The number of nitrogens with zero attached hydrogens (tertiary/aromatic N) is 3. The van der Waals surface area contributed by atoms with Gasteiger partial charge in [-0.2, -0.15) is 0 Å². The van der Waals surface area contributed by atoms with Crippen molar-refractivity contribution in [3.8, 4) is 0 Å². The van der Waals surface area contributed by atoms with Crippen LogP contribution in [0.2, 0.25) is 5.02 Å². The van der Waals surface area contributed by atoms with E-state index in [1.807, 2.05) is 30.3 Å². The van der Waals surface area contributed by atoms with Crippen molar-refractivity contribution < 1.29 is 9.59 Å². The normalized spacial score (nSPS) is 10.3. The lowest BCUT2D eigenvalue weighted by Crippen LogP contribution is -2.41. The molecule has 1 aromatic heterocycles. The lowest BCUT2D eigenvalue weighted by atomic mass is 10.2. The predicted octanol–water partition coefficient (Wildman–Crippen LogP) is 2.05. The van der Waals surface area contributed by atoms with Gasteiger partial charge in [-0.15, -0.1) is 5.10 Å². The van der Waals surface area contributed by atoms with Crippen LogP contribution in [0.1, 0.15) is 26.4 Å². The number of halogens is 1. The van der Waals surface area contributed by atoms with Gasteiger partial charge in [0.05, 0.1) is 12.7 Å². The molecule has 8 heteroatoms. The number of hydrogen-bond donors (Lipinski definition) is 2. The Labute approximate surface area is 148 Å². The van der Waals surface area contributed by atoms with E-state index in [9.17, 15) is 9.59 Å². The fourth-order valence-electron chi connectivity index (χ4n) is 2.10. The zero-order valence-corrected chi connectivity index (χ0v) is 13.8. The molecule has 0 unspecified atom stereocenters. The van der Waals surface area contributed by atoms with Crippen LogP contribution in [0.4, 0.5) is 0 Å². The third-order valence-electron chi connectivity index (χ3n) is 3.35. The van der Waals surface area contributed by atoms with E-state index in [4.69, 9.17) is 11.6 Å². The molecule has 0 aliphatic carbocycles. The van der Waals surface area contributed by atoms with Gasteiger partial charge in [0, 0.05) is 10.6 Å². The van der Waals surface area contributed by atoms with Crippen LogP contribution in [0, 0.1) is 0 Å². The van der Waals surface area contributed by atoms with Crippen molar-refractivity contribution in [1.82, 2.24) is 25.8 Å². The third-order valence-corrected chi connectivity index (χ3v) is 3.61. The molecule has 25 heavy (non-hydrogen) atoms. The molecule has 3 aromatic rings. The van der Waals surface area contributed by atoms with Gasteiger partial charge < -0.3 is 0 Å². The average molecular weight is 356 g/mol. The van der Waals surface area contributed by atoms with Crippen molar-refractivity contribution in [2.24, 2.45) is 0 Å². The lowest BCUT2D eigenvalue weighted by Gasteiger charge is -2.05. The minimum Gasteiger partial charge on any atom is -0.267 e. The summed E-state index contributed by atoms with van der Waals surface area (Å²) < 4.78 is 1.55. The maximum Gasteiger partial charge on any atom is 0.291 e. The first-order chi connectivity index (χ1) is 12.1. The van der Waals surface area contributed by atoms with Gasteiger partial charge in [-0.25, -0.2) is 4.68 Å². The number of rotatable bonds is 4. The molecule has 0 saturated heterocycles. The van der Waals surface area contributed by atoms with E-state index in [-0.39, 0.29) is 5.69 Å². The maximum atomic E-state index is 12.0. The number of carbonyl (C=O) groups excluding carboxylic acids is 2. The minimum absolute atomic E-state index is 0.104. The standard InChI is InChI=1S/C17H14ClN5O2/c18-14-8-6-13(7-9-14)16(24)20-21-17(25)15-11-23(22-19-15)10-12-4-2-1-3-5-12/h1-9,11H,10H2,(H,20,24)(H,21,25). The number of nitrogens with one attached hydrogen (secondary N) is 2. The van der Waals surface area contributed by atoms with E-state index in [0.717, 1.165) is 5.56 Å². The van der Waals surface area contributed by atoms with E-state index < -0.39 is 11.8 Å². The summed E-state index contributed by atoms with van der Waals surface area (Å²) in [7, 11) is 0. The summed E-state index contributed by atoms with van der Waals surface area (Å²) in [6, 6.07) is 16.0. The molecule has 2 aromatic carbocycles. The zero-order valence-electron chi connectivity index (χ0n) is 13.0. The number of amides is 2. The number of hydrogen-bond acceptors (Lipinski definition) is 4. The van der Waals surface area contributed by atoms with Crippen LogP contribution >= 0.6 is 11.6 Å². The molecule has 0 spiro atoms. The van der Waals surface area contributed by atoms with Crippen molar-refractivity contribution >= 4 is 23.4 Å². The van der Waals surface area contributed by atoms with Gasteiger partial charge in [0.1, 0.15) is 0 Å². The van der Waals surface area contributed by atoms with E-state index in [0.29, 0.717) is 17.1 Å². The average Bonchev–Trinajstić information content (AvgIpc) is 3.09. The fourth-order valence-corrected chi connectivity index (χ4v) is 2.23. The molecule has 0 atom stereocenters. The van der Waals surface area contributed by atoms with Crippen LogP contribution in [0.15, 0.2) is 60.8 Å². The molecule has 0 saturated carbocycles. The predicted molar refractivity (Wildman–Crippen MR) is 92.0 cm³/mol. The summed E-state index contributed by atoms with van der Waals surface area (Å²) in [5, 5.41) is 8.24. The topological polar surface area (TPSA) is 88.9 Å². The van der Waals surface area contributed by atoms with Crippen molar-refractivity contribution in [2.75, 3.05) is 0 Å². The summed E-state index contributed by atoms with van der Waals surface area (Å²) in [6.45, 7) is 0.498. The molecule has 0 aliphatic rings. The molecule has 1 heterocycles. The molecule has 0 aliphatic heterocycles. The Morgan fingerprint density at radius 3 is 2.36 bits per heavy atom. The Balaban J connectivity index is 1.56.